The summed E-state index contributed by atoms with van der Waals surface area (Å²) in [6.45, 7) is 0. The fourth-order valence-corrected chi connectivity index (χ4v) is 2.06. The smallest absolute Gasteiger partial charge is 0.406 e. The Bertz CT molecular complexity index is 891. The summed E-state index contributed by atoms with van der Waals surface area (Å²) in [5, 5.41) is 13.3. The summed E-state index contributed by atoms with van der Waals surface area (Å²) in [5.41, 5.74) is 2.34. The number of alkyl halides is 3. The maximum absolute atomic E-state index is 12.2. The maximum Gasteiger partial charge on any atom is 0.573 e. The molecule has 1 N–H and O–H groups in total. The lowest BCUT2D eigenvalue weighted by Gasteiger charge is -2.08. The molecule has 0 saturated carbocycles. The van der Waals surface area contributed by atoms with Crippen molar-refractivity contribution in [1.29, 1.82) is 5.26 Å². The first-order valence-corrected chi connectivity index (χ1v) is 7.54. The number of nitrogens with one attached hydrogen (secondary N) is 1. The van der Waals surface area contributed by atoms with E-state index in [0.29, 0.717) is 10.7 Å². The van der Waals surface area contributed by atoms with Gasteiger partial charge in [-0.25, -0.2) is 0 Å². The van der Waals surface area contributed by atoms with Gasteiger partial charge in [-0.1, -0.05) is 23.2 Å². The first-order chi connectivity index (χ1) is 12.2. The summed E-state index contributed by atoms with van der Waals surface area (Å²) in [6.07, 6.45) is -4.84. The van der Waals surface area contributed by atoms with Crippen molar-refractivity contribution in [3.63, 3.8) is 0 Å². The lowest BCUT2D eigenvalue weighted by atomic mass is 10.1. The Kier molecular flexibility index (Phi) is 6.08. The third kappa shape index (κ3) is 5.37. The van der Waals surface area contributed by atoms with E-state index in [1.165, 1.54) is 18.2 Å². The SMILES string of the molecule is N#C/C(=N\Nc1ccc(Cl)c(Cl)c1)C(=O)c1ccc(OC(F)(F)F)cc1. The van der Waals surface area contributed by atoms with Gasteiger partial charge < -0.3 is 4.74 Å². The number of carbonyl (C=O) groups is 1. The predicted molar refractivity (Wildman–Crippen MR) is 90.6 cm³/mol. The number of anilines is 1. The standard InChI is InChI=1S/C16H8Cl2F3N3O2/c17-12-6-3-10(7-13(12)18)23-24-14(8-22)15(25)9-1-4-11(5-2-9)26-16(19,20)21/h1-7,23H/b24-14+. The molecular weight excluding hydrogens is 394 g/mol. The fourth-order valence-electron chi connectivity index (χ4n) is 1.76. The lowest BCUT2D eigenvalue weighted by molar-refractivity contribution is -0.274. The van der Waals surface area contributed by atoms with Gasteiger partial charge in [0.1, 0.15) is 11.8 Å². The molecule has 0 aromatic heterocycles. The quantitative estimate of drug-likeness (QED) is 0.431. The zero-order valence-electron chi connectivity index (χ0n) is 12.6. The van der Waals surface area contributed by atoms with Crippen LogP contribution in [0.1, 0.15) is 10.4 Å². The zero-order valence-corrected chi connectivity index (χ0v) is 14.2. The molecule has 10 heteroatoms. The third-order valence-electron chi connectivity index (χ3n) is 2.89. The van der Waals surface area contributed by atoms with Gasteiger partial charge in [-0.3, -0.25) is 10.2 Å². The topological polar surface area (TPSA) is 74.5 Å². The molecule has 0 fully saturated rings. The average Bonchev–Trinajstić information content (AvgIpc) is 2.57. The number of ketones is 1. The second kappa shape index (κ2) is 8.08. The molecule has 0 radical (unpaired) electrons. The largest absolute Gasteiger partial charge is 0.573 e. The molecule has 0 aliphatic carbocycles. The third-order valence-corrected chi connectivity index (χ3v) is 3.63. The number of benzene rings is 2. The van der Waals surface area contributed by atoms with Gasteiger partial charge in [0.15, 0.2) is 0 Å². The molecule has 0 atom stereocenters. The van der Waals surface area contributed by atoms with Crippen molar-refractivity contribution in [3.05, 3.63) is 58.1 Å². The van der Waals surface area contributed by atoms with Gasteiger partial charge >= 0.3 is 6.36 Å². The van der Waals surface area contributed by atoms with Crippen molar-refractivity contribution in [2.75, 3.05) is 5.43 Å². The van der Waals surface area contributed by atoms with Gasteiger partial charge in [-0.05, 0) is 42.5 Å². The number of hydrazone groups is 1. The molecule has 0 spiro atoms. The molecule has 0 amide bonds. The van der Waals surface area contributed by atoms with E-state index in [1.807, 2.05) is 0 Å². The van der Waals surface area contributed by atoms with Crippen molar-refractivity contribution in [2.24, 2.45) is 5.10 Å². The van der Waals surface area contributed by atoms with E-state index in [0.717, 1.165) is 24.3 Å². The van der Waals surface area contributed by atoms with E-state index in [1.54, 1.807) is 6.07 Å². The highest BCUT2D eigenvalue weighted by atomic mass is 35.5. The highest BCUT2D eigenvalue weighted by molar-refractivity contribution is 6.51. The maximum atomic E-state index is 12.2. The molecule has 0 heterocycles. The van der Waals surface area contributed by atoms with Crippen molar-refractivity contribution in [3.8, 4) is 11.8 Å². The van der Waals surface area contributed by atoms with Crippen molar-refractivity contribution < 1.29 is 22.7 Å². The van der Waals surface area contributed by atoms with Crippen LogP contribution < -0.4 is 10.2 Å². The molecule has 0 unspecified atom stereocenters. The van der Waals surface area contributed by atoms with Crippen LogP contribution in [-0.4, -0.2) is 17.9 Å². The van der Waals surface area contributed by atoms with Crippen LogP contribution in [0.5, 0.6) is 5.75 Å². The molecule has 0 bridgehead atoms. The van der Waals surface area contributed by atoms with Gasteiger partial charge in [-0.15, -0.1) is 13.2 Å². The molecular formula is C16H8Cl2F3N3O2. The van der Waals surface area contributed by atoms with E-state index in [-0.39, 0.29) is 10.6 Å². The number of carbonyl (C=O) groups excluding carboxylic acids is 1. The van der Waals surface area contributed by atoms with Crippen LogP contribution in [0, 0.1) is 11.3 Å². The number of hydrogen-bond acceptors (Lipinski definition) is 5. The minimum absolute atomic E-state index is 0.0317. The van der Waals surface area contributed by atoms with Gasteiger partial charge in [0.05, 0.1) is 15.7 Å². The monoisotopic (exact) mass is 401 g/mol. The average molecular weight is 402 g/mol. The number of Topliss-reactive ketones (excluding diaryl/α,β-unsaturated/α-hetero) is 1. The summed E-state index contributed by atoms with van der Waals surface area (Å²) in [6, 6.07) is 10.2. The number of nitrogens with zero attached hydrogens (tertiary/aromatic N) is 2. The molecule has 2 rings (SSSR count). The highest BCUT2D eigenvalue weighted by Crippen LogP contribution is 2.25. The number of hydrogen-bond donors (Lipinski definition) is 1. The summed E-state index contributed by atoms with van der Waals surface area (Å²) in [7, 11) is 0. The molecule has 0 aliphatic rings. The first-order valence-electron chi connectivity index (χ1n) is 6.79. The zero-order chi connectivity index (χ0) is 19.3. The molecule has 2 aromatic rings. The van der Waals surface area contributed by atoms with E-state index in [9.17, 15) is 18.0 Å². The van der Waals surface area contributed by atoms with Crippen LogP contribution in [0.3, 0.4) is 0 Å². The normalized spacial score (nSPS) is 11.6. The van der Waals surface area contributed by atoms with Crippen LogP contribution >= 0.6 is 23.2 Å². The number of ether oxygens (including phenoxy) is 1. The first kappa shape index (κ1) is 19.6. The molecule has 5 nitrogen and oxygen atoms in total. The van der Waals surface area contributed by atoms with Crippen LogP contribution in [0.25, 0.3) is 0 Å². The van der Waals surface area contributed by atoms with E-state index >= 15 is 0 Å². The molecule has 26 heavy (non-hydrogen) atoms. The van der Waals surface area contributed by atoms with Gasteiger partial charge in [0.2, 0.25) is 11.5 Å². The van der Waals surface area contributed by atoms with Crippen LogP contribution in [-0.2, 0) is 0 Å². The minimum atomic E-state index is -4.84. The van der Waals surface area contributed by atoms with Gasteiger partial charge in [-0.2, -0.15) is 10.4 Å². The number of nitriles is 1. The fraction of sp³-hybridized carbons (Fsp3) is 0.0625. The predicted octanol–water partition coefficient (Wildman–Crippen LogP) is 5.07. The van der Waals surface area contributed by atoms with Crippen LogP contribution in [0.2, 0.25) is 10.0 Å². The molecule has 0 aliphatic heterocycles. The molecule has 0 saturated heterocycles. The second-order valence-electron chi connectivity index (χ2n) is 4.71. The number of halogens is 5. The van der Waals surface area contributed by atoms with Gasteiger partial charge in [0, 0.05) is 5.56 Å². The molecule has 134 valence electrons. The Labute approximate surface area is 155 Å². The summed E-state index contributed by atoms with van der Waals surface area (Å²) < 4.78 is 40.1. The molecule has 2 aromatic carbocycles. The number of rotatable bonds is 5. The van der Waals surface area contributed by atoms with Crippen molar-refractivity contribution in [1.82, 2.24) is 0 Å². The minimum Gasteiger partial charge on any atom is -0.406 e. The Morgan fingerprint density at radius 2 is 1.77 bits per heavy atom. The van der Waals surface area contributed by atoms with E-state index in [2.05, 4.69) is 15.3 Å². The second-order valence-corrected chi connectivity index (χ2v) is 5.53. The summed E-state index contributed by atoms with van der Waals surface area (Å²) in [4.78, 5) is 12.2. The Hall–Kier alpha value is -2.76. The van der Waals surface area contributed by atoms with Crippen LogP contribution in [0.15, 0.2) is 47.6 Å². The van der Waals surface area contributed by atoms with Gasteiger partial charge in [0.25, 0.3) is 0 Å². The van der Waals surface area contributed by atoms with E-state index < -0.39 is 23.6 Å². The van der Waals surface area contributed by atoms with E-state index in [4.69, 9.17) is 28.5 Å². The highest BCUT2D eigenvalue weighted by Gasteiger charge is 2.31. The van der Waals surface area contributed by atoms with Crippen LogP contribution in [0.4, 0.5) is 18.9 Å². The Morgan fingerprint density at radius 1 is 1.12 bits per heavy atom. The lowest BCUT2D eigenvalue weighted by Crippen LogP contribution is -2.17. The Morgan fingerprint density at radius 3 is 2.31 bits per heavy atom. The van der Waals surface area contributed by atoms with Crippen molar-refractivity contribution >= 4 is 40.4 Å². The van der Waals surface area contributed by atoms with Crippen molar-refractivity contribution in [2.45, 2.75) is 6.36 Å². The summed E-state index contributed by atoms with van der Waals surface area (Å²) in [5.74, 6) is -1.27. The Balaban J connectivity index is 2.15. The summed E-state index contributed by atoms with van der Waals surface area (Å²) >= 11 is 11.6.